The standard InChI is InChI=1S/C45H55N5O7S2.Na/c1-44(2)36-28-34(46)18-20-38(36)49(24-5-7-26-58(52,53)54)40(44)22-16-30-10-9-11-31(42(30)32-12-14-33(15-13-32)43(48)51)17-23-41-45(3,4)37-29-35(47)19-21-39(37)50(41)25-6-8-27-59(55,56)57;/h12-23,28-29H,5-11,24-27H2,1-4H3,(H7-,46,47,48,51,52,53,54,55,56,57);/q;+1. The Labute approximate surface area is 376 Å². The zero-order chi connectivity index (χ0) is 42.9. The molecule has 0 spiro atoms. The number of rotatable bonds is 15. The van der Waals surface area contributed by atoms with Crippen LogP contribution in [0.25, 0.3) is 5.57 Å². The summed E-state index contributed by atoms with van der Waals surface area (Å²) in [6, 6.07) is 19.0. The number of amides is 1. The first-order chi connectivity index (χ1) is 27.7. The van der Waals surface area contributed by atoms with Gasteiger partial charge in [-0.1, -0.05) is 38.1 Å². The molecule has 1 aliphatic carbocycles. The number of carbonyl (C=O) groups excluding carboxylic acids is 1. The first kappa shape index (κ1) is 47.0. The van der Waals surface area contributed by atoms with Crippen LogP contribution in [0.2, 0.25) is 0 Å². The summed E-state index contributed by atoms with van der Waals surface area (Å²) in [6.07, 6.45) is 12.7. The molecule has 0 bridgehead atoms. The molecule has 15 heteroatoms. The van der Waals surface area contributed by atoms with Crippen LogP contribution in [0.4, 0.5) is 22.7 Å². The number of nitrogens with two attached hydrogens (primary N) is 3. The van der Waals surface area contributed by atoms with Gasteiger partial charge in [-0.2, -0.15) is 13.0 Å². The van der Waals surface area contributed by atoms with Crippen LogP contribution in [0.3, 0.4) is 0 Å². The van der Waals surface area contributed by atoms with Crippen molar-refractivity contribution in [1.29, 1.82) is 0 Å². The van der Waals surface area contributed by atoms with Crippen molar-refractivity contribution in [2.75, 3.05) is 41.0 Å². The molecule has 3 aromatic rings. The number of anilines is 3. The van der Waals surface area contributed by atoms with Crippen molar-refractivity contribution in [2.45, 2.75) is 83.5 Å². The van der Waals surface area contributed by atoms with Gasteiger partial charge in [-0.25, -0.2) is 8.42 Å². The van der Waals surface area contributed by atoms with E-state index in [9.17, 15) is 30.7 Å². The van der Waals surface area contributed by atoms with E-state index in [4.69, 9.17) is 17.2 Å². The van der Waals surface area contributed by atoms with E-state index in [1.165, 1.54) is 0 Å². The molecule has 0 fully saturated rings. The van der Waals surface area contributed by atoms with Crippen LogP contribution in [0.1, 0.15) is 99.7 Å². The van der Waals surface area contributed by atoms with E-state index in [0.717, 1.165) is 75.5 Å². The Morgan fingerprint density at radius 3 is 2.13 bits per heavy atom. The van der Waals surface area contributed by atoms with Gasteiger partial charge in [-0.3, -0.25) is 9.35 Å². The Morgan fingerprint density at radius 2 is 1.48 bits per heavy atom. The predicted octanol–water partition coefficient (Wildman–Crippen LogP) is 4.13. The van der Waals surface area contributed by atoms with E-state index in [2.05, 4.69) is 61.5 Å². The van der Waals surface area contributed by atoms with Crippen molar-refractivity contribution in [3.05, 3.63) is 124 Å². The number of allylic oxidation sites excluding steroid dienone is 8. The molecular weight excluding hydrogens is 810 g/mol. The summed E-state index contributed by atoms with van der Waals surface area (Å²) in [5.41, 5.74) is 29.4. The van der Waals surface area contributed by atoms with E-state index in [-0.39, 0.29) is 41.7 Å². The zero-order valence-corrected chi connectivity index (χ0v) is 38.8. The number of hydrogen-bond donors (Lipinski definition) is 4. The largest absolute Gasteiger partial charge is 1.00 e. The summed E-state index contributed by atoms with van der Waals surface area (Å²) in [4.78, 5) is 14.3. The van der Waals surface area contributed by atoms with Gasteiger partial charge in [0.2, 0.25) is 11.6 Å². The molecule has 0 radical (unpaired) electrons. The van der Waals surface area contributed by atoms with Crippen molar-refractivity contribution in [2.24, 2.45) is 5.73 Å². The number of carbonyl (C=O) groups is 1. The molecular formula is C45H55N5NaO7S2+. The topological polar surface area (TPSA) is 213 Å². The number of fused-ring (bicyclic) bond motifs is 2. The third-order valence-electron chi connectivity index (χ3n) is 11.8. The van der Waals surface area contributed by atoms with Crippen LogP contribution in [0.15, 0.2) is 102 Å². The van der Waals surface area contributed by atoms with Gasteiger partial charge in [0.1, 0.15) is 6.54 Å². The van der Waals surface area contributed by atoms with Crippen molar-refractivity contribution >= 4 is 60.2 Å². The molecule has 1 amide bonds. The molecule has 314 valence electrons. The smallest absolute Gasteiger partial charge is 0.748 e. The molecule has 2 aliphatic heterocycles. The molecule has 0 aromatic heterocycles. The maximum Gasteiger partial charge on any atom is 1.00 e. The van der Waals surface area contributed by atoms with Gasteiger partial charge in [0.15, 0.2) is 5.71 Å². The van der Waals surface area contributed by atoms with E-state index in [1.54, 1.807) is 12.1 Å². The summed E-state index contributed by atoms with van der Waals surface area (Å²) in [6.45, 7) is 9.66. The molecule has 0 saturated carbocycles. The van der Waals surface area contributed by atoms with Crippen molar-refractivity contribution in [1.82, 2.24) is 0 Å². The third-order valence-corrected chi connectivity index (χ3v) is 13.4. The van der Waals surface area contributed by atoms with E-state index in [0.29, 0.717) is 49.3 Å². The number of nitrogen functional groups attached to an aromatic ring is 2. The Bertz CT molecular complexity index is 2540. The maximum absolute atomic E-state index is 12.1. The molecule has 6 rings (SSSR count). The molecule has 0 saturated heterocycles. The SMILES string of the molecule is CC1(C)C(=CC=C2CCCC(C=CC3=[N+](CCCCS(=O)(=O)O)c4ccc(N)cc4C3(C)C)=C2c2ccc(C(N)=O)cc2)N(CCCCS(=O)(=O)[O-])c2ccc(N)cc21.[Na+]. The second-order valence-corrected chi connectivity index (χ2v) is 19.8. The number of benzene rings is 3. The summed E-state index contributed by atoms with van der Waals surface area (Å²) in [7, 11) is -8.39. The number of hydrogen-bond acceptors (Lipinski definition) is 9. The quantitative estimate of drug-likeness (QED) is 0.0564. The molecule has 3 aliphatic rings. The molecule has 2 heterocycles. The maximum atomic E-state index is 12.1. The minimum absolute atomic E-state index is 0. The van der Waals surface area contributed by atoms with E-state index < -0.39 is 42.7 Å². The number of nitrogens with zero attached hydrogens (tertiary/aromatic N) is 2. The average Bonchev–Trinajstić information content (AvgIpc) is 3.49. The van der Waals surface area contributed by atoms with Gasteiger partial charge in [-0.05, 0) is 129 Å². The molecule has 0 atom stereocenters. The minimum atomic E-state index is -4.32. The molecule has 0 unspecified atom stereocenters. The first-order valence-corrected chi connectivity index (χ1v) is 23.2. The number of primary amides is 1. The van der Waals surface area contributed by atoms with Crippen LogP contribution >= 0.6 is 0 Å². The Morgan fingerprint density at radius 1 is 0.833 bits per heavy atom. The molecule has 12 nitrogen and oxygen atoms in total. The second kappa shape index (κ2) is 18.5. The Kier molecular flexibility index (Phi) is 14.5. The summed E-state index contributed by atoms with van der Waals surface area (Å²) >= 11 is 0. The van der Waals surface area contributed by atoms with Gasteiger partial charge in [0.25, 0.3) is 10.1 Å². The molecule has 7 N–H and O–H groups in total. The monoisotopic (exact) mass is 864 g/mol. The fourth-order valence-electron chi connectivity index (χ4n) is 8.76. The van der Waals surface area contributed by atoms with Gasteiger partial charge in [0.05, 0.1) is 21.3 Å². The third kappa shape index (κ3) is 10.5. The molecule has 60 heavy (non-hydrogen) atoms. The van der Waals surface area contributed by atoms with Crippen LogP contribution in [-0.2, 0) is 31.1 Å². The predicted molar refractivity (Wildman–Crippen MR) is 235 cm³/mol. The Balaban J connectivity index is 0.00000683. The van der Waals surface area contributed by atoms with Crippen LogP contribution in [0.5, 0.6) is 0 Å². The fourth-order valence-corrected chi connectivity index (χ4v) is 9.89. The summed E-state index contributed by atoms with van der Waals surface area (Å²) < 4.78 is 68.7. The molecule has 3 aromatic carbocycles. The fraction of sp³-hybridized carbons (Fsp3) is 0.378. The van der Waals surface area contributed by atoms with Gasteiger partial charge >= 0.3 is 29.6 Å². The van der Waals surface area contributed by atoms with Crippen LogP contribution in [-0.4, -0.2) is 66.7 Å². The van der Waals surface area contributed by atoms with E-state index >= 15 is 0 Å². The first-order valence-electron chi connectivity index (χ1n) is 20.0. The van der Waals surface area contributed by atoms with Crippen molar-refractivity contribution in [3.63, 3.8) is 0 Å². The zero-order valence-electron chi connectivity index (χ0n) is 35.2. The van der Waals surface area contributed by atoms with Crippen molar-refractivity contribution < 1.29 is 64.9 Å². The van der Waals surface area contributed by atoms with Gasteiger partial charge in [-0.15, -0.1) is 0 Å². The summed E-state index contributed by atoms with van der Waals surface area (Å²) in [5.74, 6) is -1.23. The normalized spacial score (nSPS) is 18.7. The second-order valence-electron chi connectivity index (χ2n) is 16.7. The van der Waals surface area contributed by atoms with E-state index in [1.807, 2.05) is 48.5 Å². The minimum Gasteiger partial charge on any atom is -0.748 e. The van der Waals surface area contributed by atoms with Gasteiger partial charge in [0, 0.05) is 70.2 Å². The Hall–Kier alpha value is -4.02. The van der Waals surface area contributed by atoms with Crippen molar-refractivity contribution in [3.8, 4) is 0 Å². The number of unbranched alkanes of at least 4 members (excludes halogenated alkanes) is 2. The summed E-state index contributed by atoms with van der Waals surface area (Å²) in [5, 5.41) is 0. The van der Waals surface area contributed by atoms with Crippen LogP contribution < -0.4 is 51.7 Å². The van der Waals surface area contributed by atoms with Crippen LogP contribution in [0, 0.1) is 0 Å². The van der Waals surface area contributed by atoms with Gasteiger partial charge < -0.3 is 26.7 Å². The average molecular weight is 865 g/mol.